The number of aromatic nitrogens is 1. The molecule has 4 nitrogen and oxygen atoms in total. The lowest BCUT2D eigenvalue weighted by molar-refractivity contribution is 0.0696. The van der Waals surface area contributed by atoms with Crippen molar-refractivity contribution in [2.45, 2.75) is 6.92 Å². The van der Waals surface area contributed by atoms with Gasteiger partial charge in [0.25, 0.3) is 5.56 Å². The molecule has 0 atom stereocenters. The van der Waals surface area contributed by atoms with Crippen LogP contribution in [0.1, 0.15) is 15.9 Å². The van der Waals surface area contributed by atoms with Crippen molar-refractivity contribution in [3.8, 4) is 11.1 Å². The largest absolute Gasteiger partial charge is 0.477 e. The first-order valence-corrected chi connectivity index (χ1v) is 5.60. The highest BCUT2D eigenvalue weighted by atomic mass is 35.5. The molecular formula is C13H10ClNO3. The highest BCUT2D eigenvalue weighted by Crippen LogP contribution is 2.29. The highest BCUT2D eigenvalue weighted by molar-refractivity contribution is 6.31. The predicted octanol–water partition coefficient (Wildman–Crippen LogP) is 2.70. The quantitative estimate of drug-likeness (QED) is 0.875. The number of hydrogen-bond donors (Lipinski definition) is 2. The number of aromatic amines is 1. The van der Waals surface area contributed by atoms with Gasteiger partial charge in [0.15, 0.2) is 0 Å². The van der Waals surface area contributed by atoms with E-state index in [4.69, 9.17) is 16.7 Å². The monoisotopic (exact) mass is 263 g/mol. The molecule has 0 aliphatic rings. The average Bonchev–Trinajstić information content (AvgIpc) is 2.32. The fourth-order valence-corrected chi connectivity index (χ4v) is 1.99. The summed E-state index contributed by atoms with van der Waals surface area (Å²) in [7, 11) is 0. The molecule has 0 saturated heterocycles. The molecule has 0 aliphatic heterocycles. The van der Waals surface area contributed by atoms with Crippen LogP contribution in [0, 0.1) is 6.92 Å². The van der Waals surface area contributed by atoms with Gasteiger partial charge in [-0.05, 0) is 30.2 Å². The summed E-state index contributed by atoms with van der Waals surface area (Å²) < 4.78 is 0. The predicted molar refractivity (Wildman–Crippen MR) is 69.2 cm³/mol. The second kappa shape index (κ2) is 4.66. The average molecular weight is 264 g/mol. The molecule has 0 amide bonds. The Morgan fingerprint density at radius 1 is 1.28 bits per heavy atom. The molecule has 2 aromatic rings. The molecular weight excluding hydrogens is 254 g/mol. The molecule has 0 unspecified atom stereocenters. The van der Waals surface area contributed by atoms with Crippen LogP contribution in [0.4, 0.5) is 0 Å². The summed E-state index contributed by atoms with van der Waals surface area (Å²) in [6.07, 6.45) is 1.42. The minimum atomic E-state index is -1.26. The SMILES string of the molecule is Cc1c(Cl)cccc1-c1cc[nH]c(=O)c1C(=O)O. The van der Waals surface area contributed by atoms with Crippen LogP contribution < -0.4 is 5.56 Å². The molecule has 1 aromatic carbocycles. The first kappa shape index (κ1) is 12.4. The van der Waals surface area contributed by atoms with Crippen molar-refractivity contribution in [3.63, 3.8) is 0 Å². The van der Waals surface area contributed by atoms with Gasteiger partial charge in [0, 0.05) is 16.8 Å². The summed E-state index contributed by atoms with van der Waals surface area (Å²) in [6.45, 7) is 1.78. The van der Waals surface area contributed by atoms with Crippen LogP contribution in [0.5, 0.6) is 0 Å². The maximum Gasteiger partial charge on any atom is 0.341 e. The lowest BCUT2D eigenvalue weighted by atomic mass is 9.97. The number of rotatable bonds is 2. The minimum Gasteiger partial charge on any atom is -0.477 e. The summed E-state index contributed by atoms with van der Waals surface area (Å²) >= 11 is 6.00. The smallest absolute Gasteiger partial charge is 0.341 e. The molecule has 18 heavy (non-hydrogen) atoms. The zero-order valence-electron chi connectivity index (χ0n) is 9.53. The first-order chi connectivity index (χ1) is 8.52. The topological polar surface area (TPSA) is 70.2 Å². The Balaban J connectivity index is 2.80. The van der Waals surface area contributed by atoms with Crippen LogP contribution in [0.25, 0.3) is 11.1 Å². The van der Waals surface area contributed by atoms with Gasteiger partial charge >= 0.3 is 5.97 Å². The van der Waals surface area contributed by atoms with Gasteiger partial charge in [-0.2, -0.15) is 0 Å². The molecule has 1 heterocycles. The lowest BCUT2D eigenvalue weighted by Crippen LogP contribution is -2.18. The van der Waals surface area contributed by atoms with Crippen molar-refractivity contribution >= 4 is 17.6 Å². The van der Waals surface area contributed by atoms with E-state index in [0.29, 0.717) is 16.1 Å². The highest BCUT2D eigenvalue weighted by Gasteiger charge is 2.17. The molecule has 0 aliphatic carbocycles. The van der Waals surface area contributed by atoms with Gasteiger partial charge in [-0.3, -0.25) is 4.79 Å². The third kappa shape index (κ3) is 2.02. The Kier molecular flexibility index (Phi) is 3.21. The van der Waals surface area contributed by atoms with E-state index < -0.39 is 11.5 Å². The molecule has 0 saturated carbocycles. The maximum atomic E-state index is 11.6. The molecule has 2 N–H and O–H groups in total. The molecule has 92 valence electrons. The van der Waals surface area contributed by atoms with Gasteiger partial charge < -0.3 is 10.1 Å². The van der Waals surface area contributed by atoms with Gasteiger partial charge in [0.2, 0.25) is 0 Å². The van der Waals surface area contributed by atoms with Crippen molar-refractivity contribution in [1.29, 1.82) is 0 Å². The standard InChI is InChI=1S/C13H10ClNO3/c1-7-8(3-2-4-10(7)14)9-5-6-15-12(16)11(9)13(17)18/h2-6H,1H3,(H,15,16)(H,17,18). The van der Waals surface area contributed by atoms with E-state index in [0.717, 1.165) is 5.56 Å². The number of hydrogen-bond acceptors (Lipinski definition) is 2. The zero-order chi connectivity index (χ0) is 13.3. The van der Waals surface area contributed by atoms with E-state index >= 15 is 0 Å². The summed E-state index contributed by atoms with van der Waals surface area (Å²) in [6, 6.07) is 6.73. The Bertz CT molecular complexity index is 676. The van der Waals surface area contributed by atoms with Gasteiger partial charge in [0.1, 0.15) is 5.56 Å². The van der Waals surface area contributed by atoms with Gasteiger partial charge in [-0.15, -0.1) is 0 Å². The molecule has 0 radical (unpaired) electrons. The fraction of sp³-hybridized carbons (Fsp3) is 0.0769. The number of pyridine rings is 1. The Hall–Kier alpha value is -2.07. The number of H-pyrrole nitrogens is 1. The molecule has 0 spiro atoms. The Morgan fingerprint density at radius 2 is 2.00 bits per heavy atom. The number of carbonyl (C=O) groups is 1. The second-order valence-corrected chi connectivity index (χ2v) is 4.22. The summed E-state index contributed by atoms with van der Waals surface area (Å²) in [5.41, 5.74) is 0.853. The second-order valence-electron chi connectivity index (χ2n) is 3.81. The van der Waals surface area contributed by atoms with Gasteiger partial charge in [-0.25, -0.2) is 4.79 Å². The molecule has 2 rings (SSSR count). The number of halogens is 1. The third-order valence-electron chi connectivity index (χ3n) is 2.73. The van der Waals surface area contributed by atoms with Crippen LogP contribution in [0.2, 0.25) is 5.02 Å². The van der Waals surface area contributed by atoms with Crippen molar-refractivity contribution < 1.29 is 9.90 Å². The summed E-state index contributed by atoms with van der Waals surface area (Å²) in [5.74, 6) is -1.26. The van der Waals surface area contributed by atoms with Crippen LogP contribution in [-0.2, 0) is 0 Å². The number of carboxylic acid groups (broad SMARTS) is 1. The first-order valence-electron chi connectivity index (χ1n) is 5.23. The molecule has 0 fully saturated rings. The zero-order valence-corrected chi connectivity index (χ0v) is 10.3. The Labute approximate surface area is 108 Å². The van der Waals surface area contributed by atoms with Crippen molar-refractivity contribution in [1.82, 2.24) is 4.98 Å². The van der Waals surface area contributed by atoms with Crippen LogP contribution >= 0.6 is 11.6 Å². The number of aromatic carboxylic acids is 1. The van der Waals surface area contributed by atoms with Crippen molar-refractivity contribution in [2.24, 2.45) is 0 Å². The molecule has 5 heteroatoms. The number of benzene rings is 1. The molecule has 1 aromatic heterocycles. The van der Waals surface area contributed by atoms with Crippen LogP contribution in [-0.4, -0.2) is 16.1 Å². The van der Waals surface area contributed by atoms with Crippen LogP contribution in [0.3, 0.4) is 0 Å². The van der Waals surface area contributed by atoms with Gasteiger partial charge in [-0.1, -0.05) is 23.7 Å². The minimum absolute atomic E-state index is 0.275. The normalized spacial score (nSPS) is 10.3. The van der Waals surface area contributed by atoms with Crippen molar-refractivity contribution in [2.75, 3.05) is 0 Å². The van der Waals surface area contributed by atoms with E-state index in [9.17, 15) is 9.59 Å². The lowest BCUT2D eigenvalue weighted by Gasteiger charge is -2.09. The van der Waals surface area contributed by atoms with E-state index in [1.54, 1.807) is 31.2 Å². The van der Waals surface area contributed by atoms with E-state index in [-0.39, 0.29) is 5.56 Å². The number of carboxylic acids is 1. The van der Waals surface area contributed by atoms with Crippen molar-refractivity contribution in [3.05, 3.63) is 57.0 Å². The van der Waals surface area contributed by atoms with E-state index in [1.165, 1.54) is 6.20 Å². The van der Waals surface area contributed by atoms with Crippen LogP contribution in [0.15, 0.2) is 35.3 Å². The molecule has 0 bridgehead atoms. The summed E-state index contributed by atoms with van der Waals surface area (Å²) in [5, 5.41) is 9.65. The number of nitrogens with one attached hydrogen (secondary N) is 1. The third-order valence-corrected chi connectivity index (χ3v) is 3.14. The van der Waals surface area contributed by atoms with Gasteiger partial charge in [0.05, 0.1) is 0 Å². The van der Waals surface area contributed by atoms with E-state index in [1.807, 2.05) is 0 Å². The Morgan fingerprint density at radius 3 is 2.67 bits per heavy atom. The fourth-order valence-electron chi connectivity index (χ4n) is 1.81. The summed E-state index contributed by atoms with van der Waals surface area (Å²) in [4.78, 5) is 25.1. The van der Waals surface area contributed by atoms with E-state index in [2.05, 4.69) is 4.98 Å². The maximum absolute atomic E-state index is 11.6.